The molecular weight excluding hydrogens is 727 g/mol. The standard InChI is InChI=1S/C54H33NO2S/c1-4-15-34(16-5-1)37-31-43(36-19-8-3-9-20-36)51-44-33-38(27-30-48(44)56-49(51)32-37)55(46-24-14-23-41-40-21-11-13-26-50(40)58-54(41)46)45-29-28-39(35-17-6-2-7-18-35)53-52(45)42-22-10-12-25-47(42)57-53/h1-33H. The van der Waals surface area contributed by atoms with Crippen molar-refractivity contribution < 1.29 is 8.83 Å². The van der Waals surface area contributed by atoms with Crippen molar-refractivity contribution in [3.8, 4) is 33.4 Å². The van der Waals surface area contributed by atoms with Crippen molar-refractivity contribution in [2.75, 3.05) is 4.90 Å². The highest BCUT2D eigenvalue weighted by Gasteiger charge is 2.25. The zero-order valence-electron chi connectivity index (χ0n) is 31.2. The minimum absolute atomic E-state index is 0.847. The largest absolute Gasteiger partial charge is 0.456 e. The lowest BCUT2D eigenvalue weighted by atomic mass is 9.94. The summed E-state index contributed by atoms with van der Waals surface area (Å²) in [5.41, 5.74) is 13.4. The number of furan rings is 2. The van der Waals surface area contributed by atoms with E-state index in [2.05, 4.69) is 199 Å². The van der Waals surface area contributed by atoms with Gasteiger partial charge in [-0.25, -0.2) is 0 Å². The number of thiophene rings is 1. The predicted octanol–water partition coefficient (Wildman–Crippen LogP) is 16.3. The number of rotatable bonds is 6. The summed E-state index contributed by atoms with van der Waals surface area (Å²) in [4.78, 5) is 2.44. The molecule has 3 heterocycles. The summed E-state index contributed by atoms with van der Waals surface area (Å²) in [6.45, 7) is 0. The molecule has 0 fully saturated rings. The van der Waals surface area contributed by atoms with Crippen molar-refractivity contribution in [3.63, 3.8) is 0 Å². The third kappa shape index (κ3) is 5.12. The van der Waals surface area contributed by atoms with Crippen LogP contribution in [0.2, 0.25) is 0 Å². The van der Waals surface area contributed by atoms with E-state index in [0.29, 0.717) is 0 Å². The Bertz CT molecular complexity index is 3510. The van der Waals surface area contributed by atoms with E-state index in [1.807, 2.05) is 17.4 Å². The average molecular weight is 760 g/mol. The second-order valence-electron chi connectivity index (χ2n) is 14.8. The summed E-state index contributed by atoms with van der Waals surface area (Å²) in [5, 5.41) is 6.82. The molecule has 0 saturated heterocycles. The molecule has 0 radical (unpaired) electrons. The molecule has 0 aliphatic carbocycles. The number of hydrogen-bond acceptors (Lipinski definition) is 4. The first-order chi connectivity index (χ1) is 28.8. The molecule has 0 unspecified atom stereocenters. The Hall–Kier alpha value is -7.40. The molecule has 12 aromatic rings. The summed E-state index contributed by atoms with van der Waals surface area (Å²) in [7, 11) is 0. The molecule has 58 heavy (non-hydrogen) atoms. The lowest BCUT2D eigenvalue weighted by molar-refractivity contribution is 0.669. The second kappa shape index (κ2) is 13.1. The normalized spacial score (nSPS) is 11.8. The van der Waals surface area contributed by atoms with E-state index >= 15 is 0 Å². The van der Waals surface area contributed by atoms with E-state index in [1.54, 1.807) is 0 Å². The van der Waals surface area contributed by atoms with Crippen LogP contribution >= 0.6 is 11.3 Å². The monoisotopic (exact) mass is 759 g/mol. The van der Waals surface area contributed by atoms with E-state index in [0.717, 1.165) is 94.3 Å². The van der Waals surface area contributed by atoms with Gasteiger partial charge in [0.2, 0.25) is 0 Å². The van der Waals surface area contributed by atoms with Crippen LogP contribution in [0.3, 0.4) is 0 Å². The zero-order chi connectivity index (χ0) is 38.2. The number of fused-ring (bicyclic) bond motifs is 9. The Morgan fingerprint density at radius 1 is 0.362 bits per heavy atom. The van der Waals surface area contributed by atoms with E-state index in [1.165, 1.54) is 20.2 Å². The van der Waals surface area contributed by atoms with E-state index in [-0.39, 0.29) is 0 Å². The van der Waals surface area contributed by atoms with Crippen molar-refractivity contribution in [1.29, 1.82) is 0 Å². The summed E-state index contributed by atoms with van der Waals surface area (Å²) < 4.78 is 16.1. The third-order valence-corrected chi connectivity index (χ3v) is 12.7. The highest BCUT2D eigenvalue weighted by Crippen LogP contribution is 2.51. The van der Waals surface area contributed by atoms with E-state index in [4.69, 9.17) is 8.83 Å². The zero-order valence-corrected chi connectivity index (χ0v) is 32.0. The fraction of sp³-hybridized carbons (Fsp3) is 0. The molecule has 3 nitrogen and oxygen atoms in total. The predicted molar refractivity (Wildman–Crippen MR) is 245 cm³/mol. The van der Waals surface area contributed by atoms with Gasteiger partial charge in [-0.15, -0.1) is 11.3 Å². The van der Waals surface area contributed by atoms with Gasteiger partial charge < -0.3 is 13.7 Å². The Morgan fingerprint density at radius 2 is 1.02 bits per heavy atom. The van der Waals surface area contributed by atoms with Crippen molar-refractivity contribution in [2.45, 2.75) is 0 Å². The molecule has 272 valence electrons. The van der Waals surface area contributed by atoms with Gasteiger partial charge in [-0.3, -0.25) is 0 Å². The molecule has 3 aromatic heterocycles. The first kappa shape index (κ1) is 32.8. The Kier molecular flexibility index (Phi) is 7.40. The molecule has 0 aliphatic heterocycles. The molecule has 0 atom stereocenters. The fourth-order valence-electron chi connectivity index (χ4n) is 8.83. The molecule has 12 rings (SSSR count). The maximum atomic E-state index is 6.82. The minimum Gasteiger partial charge on any atom is -0.456 e. The number of nitrogens with zero attached hydrogens (tertiary/aromatic N) is 1. The lowest BCUT2D eigenvalue weighted by Crippen LogP contribution is -2.10. The lowest BCUT2D eigenvalue weighted by Gasteiger charge is -2.27. The van der Waals surface area contributed by atoms with Crippen LogP contribution in [0.1, 0.15) is 0 Å². The van der Waals surface area contributed by atoms with Crippen LogP contribution in [0.25, 0.3) is 97.4 Å². The van der Waals surface area contributed by atoms with Gasteiger partial charge in [0.15, 0.2) is 0 Å². The number of hydrogen-bond donors (Lipinski definition) is 0. The van der Waals surface area contributed by atoms with Crippen molar-refractivity contribution in [2.24, 2.45) is 0 Å². The highest BCUT2D eigenvalue weighted by atomic mass is 32.1. The Morgan fingerprint density at radius 3 is 1.81 bits per heavy atom. The first-order valence-corrected chi connectivity index (χ1v) is 20.4. The van der Waals surface area contributed by atoms with Crippen LogP contribution < -0.4 is 4.90 Å². The molecule has 0 spiro atoms. The SMILES string of the molecule is c1ccc(-c2cc(-c3ccccc3)c3c(c2)oc2ccc(N(c4cccc5c4sc4ccccc45)c4ccc(-c5ccccc5)c5oc6ccccc6c45)cc23)cc1. The maximum Gasteiger partial charge on any atom is 0.145 e. The van der Waals surface area contributed by atoms with Gasteiger partial charge in [0.25, 0.3) is 0 Å². The van der Waals surface area contributed by atoms with Gasteiger partial charge in [0.05, 0.1) is 21.5 Å². The van der Waals surface area contributed by atoms with Crippen LogP contribution in [-0.4, -0.2) is 0 Å². The molecule has 0 saturated carbocycles. The quantitative estimate of drug-likeness (QED) is 0.169. The van der Waals surface area contributed by atoms with E-state index < -0.39 is 0 Å². The van der Waals surface area contributed by atoms with Gasteiger partial charge in [0.1, 0.15) is 22.3 Å². The fourth-order valence-corrected chi connectivity index (χ4v) is 10.0. The van der Waals surface area contributed by atoms with Crippen molar-refractivity contribution >= 4 is 92.4 Å². The highest BCUT2D eigenvalue weighted by molar-refractivity contribution is 7.26. The van der Waals surface area contributed by atoms with Gasteiger partial charge in [-0.2, -0.15) is 0 Å². The smallest absolute Gasteiger partial charge is 0.145 e. The Labute approximate surface area is 338 Å². The average Bonchev–Trinajstić information content (AvgIpc) is 3.99. The third-order valence-electron chi connectivity index (χ3n) is 11.5. The molecule has 0 aliphatic rings. The number of anilines is 3. The van der Waals surface area contributed by atoms with Gasteiger partial charge in [-0.05, 0) is 88.5 Å². The summed E-state index contributed by atoms with van der Waals surface area (Å²) in [5.74, 6) is 0. The van der Waals surface area contributed by atoms with Crippen LogP contribution in [0, 0.1) is 0 Å². The summed E-state index contributed by atoms with van der Waals surface area (Å²) >= 11 is 1.84. The number of benzene rings is 9. The first-order valence-electron chi connectivity index (χ1n) is 19.6. The second-order valence-corrected chi connectivity index (χ2v) is 15.9. The van der Waals surface area contributed by atoms with Gasteiger partial charge in [0, 0.05) is 42.9 Å². The summed E-state index contributed by atoms with van der Waals surface area (Å²) in [6, 6.07) is 71.3. The van der Waals surface area contributed by atoms with Crippen molar-refractivity contribution in [1.82, 2.24) is 0 Å². The minimum atomic E-state index is 0.847. The number of para-hydroxylation sites is 1. The molecule has 9 aromatic carbocycles. The van der Waals surface area contributed by atoms with Crippen LogP contribution in [0.15, 0.2) is 209 Å². The molecule has 0 bridgehead atoms. The van der Waals surface area contributed by atoms with Crippen LogP contribution in [0.4, 0.5) is 17.1 Å². The maximum absolute atomic E-state index is 6.82. The van der Waals surface area contributed by atoms with Crippen LogP contribution in [-0.2, 0) is 0 Å². The molecule has 0 N–H and O–H groups in total. The topological polar surface area (TPSA) is 29.5 Å². The van der Waals surface area contributed by atoms with Crippen LogP contribution in [0.5, 0.6) is 0 Å². The Balaban J connectivity index is 1.18. The molecule has 4 heteroatoms. The van der Waals surface area contributed by atoms with Gasteiger partial charge >= 0.3 is 0 Å². The summed E-state index contributed by atoms with van der Waals surface area (Å²) in [6.07, 6.45) is 0. The van der Waals surface area contributed by atoms with Gasteiger partial charge in [-0.1, -0.05) is 140 Å². The van der Waals surface area contributed by atoms with Crippen molar-refractivity contribution in [3.05, 3.63) is 200 Å². The molecular formula is C54H33NO2S. The molecule has 0 amide bonds. The van der Waals surface area contributed by atoms with E-state index in [9.17, 15) is 0 Å².